The van der Waals surface area contributed by atoms with Crippen LogP contribution in [-0.2, 0) is 114 Å². The molecule has 0 radical (unpaired) electrons. The van der Waals surface area contributed by atoms with E-state index in [2.05, 4.69) is 126 Å². The summed E-state index contributed by atoms with van der Waals surface area (Å²) in [6.07, 6.45) is -1.07. The lowest BCUT2D eigenvalue weighted by atomic mass is 10.1. The maximum absolute atomic E-state index is 12.3. The first-order chi connectivity index (χ1) is 50.4. The zero-order chi connectivity index (χ0) is 78.3. The van der Waals surface area contributed by atoms with E-state index in [0.29, 0.717) is 52.2 Å². The SMILES string of the molecule is CNc1cc(F)nc(F)n1.CNc1nc(C)nc(N(C)CCS(=O)(=O)CCOSOOOC)n1.COOOSCNc1ccc2cc(S(=O)(=O)OC)cc(O)c2c1N=Nc1ccccc1S(=O)(=O)OC.COOOSCNc1ccc2cc(S(=O)(=O)OC)cc(O)c2c1N=Nc1ccccc1S(=O)(=O)OC. The number of aryl methyl sites for hydroxylation is 1. The summed E-state index contributed by atoms with van der Waals surface area (Å²) in [6, 6.07) is 23.4. The fraction of sp³-hybridized carbons (Fsp3) is 0.304. The van der Waals surface area contributed by atoms with Gasteiger partial charge in [0.2, 0.25) is 17.8 Å². The highest BCUT2D eigenvalue weighted by atomic mass is 32.2. The number of nitrogens with one attached hydrogen (secondary N) is 4. The minimum absolute atomic E-state index is 0.0217. The highest BCUT2D eigenvalue weighted by Crippen LogP contribution is 2.44. The molecule has 40 nitrogen and oxygen atoms in total. The molecule has 8 rings (SSSR count). The van der Waals surface area contributed by atoms with Crippen molar-refractivity contribution in [1.82, 2.24) is 24.9 Å². The van der Waals surface area contributed by atoms with Crippen LogP contribution in [0.3, 0.4) is 0 Å². The summed E-state index contributed by atoms with van der Waals surface area (Å²) >= 11 is 2.17. The van der Waals surface area contributed by atoms with E-state index in [1.165, 1.54) is 76.9 Å². The molecule has 0 amide bonds. The number of phenolic OH excluding ortho intramolecular Hbond substituents is 2. The van der Waals surface area contributed by atoms with E-state index in [1.54, 1.807) is 62.3 Å². The Morgan fingerprint density at radius 2 is 0.991 bits per heavy atom. The number of phenols is 2. The number of fused-ring (bicyclic) bond motifs is 2. The van der Waals surface area contributed by atoms with Gasteiger partial charge in [-0.25, -0.2) is 23.1 Å². The van der Waals surface area contributed by atoms with Crippen molar-refractivity contribution in [2.75, 3.05) is 133 Å². The van der Waals surface area contributed by atoms with E-state index in [4.69, 9.17) is 4.18 Å². The first kappa shape index (κ1) is 88.5. The summed E-state index contributed by atoms with van der Waals surface area (Å²) < 4.78 is 183. The number of rotatable bonds is 37. The van der Waals surface area contributed by atoms with Gasteiger partial charge in [0.15, 0.2) is 22.2 Å². The van der Waals surface area contributed by atoms with Crippen LogP contribution in [0.2, 0.25) is 0 Å². The fourth-order valence-electron chi connectivity index (χ4n) is 8.02. The van der Waals surface area contributed by atoms with Crippen LogP contribution in [0.15, 0.2) is 143 Å². The number of aromatic hydroxyl groups is 2. The Balaban J connectivity index is 0.000000272. The molecule has 106 heavy (non-hydrogen) atoms. The number of azo groups is 2. The third-order valence-corrected chi connectivity index (χ3v) is 20.8. The summed E-state index contributed by atoms with van der Waals surface area (Å²) in [5.41, 5.74) is 0.834. The van der Waals surface area contributed by atoms with Gasteiger partial charge in [-0.15, -0.1) is 33.5 Å². The number of sulfone groups is 1. The number of hydrogen-bond donors (Lipinski definition) is 6. The minimum Gasteiger partial charge on any atom is -0.507 e. The highest BCUT2D eigenvalue weighted by molar-refractivity contribution is 7.94. The number of halogens is 2. The van der Waals surface area contributed by atoms with Crippen LogP contribution in [0.1, 0.15) is 5.82 Å². The van der Waals surface area contributed by atoms with Gasteiger partial charge in [0.05, 0.1) is 136 Å². The molecule has 0 fully saturated rings. The van der Waals surface area contributed by atoms with Crippen LogP contribution >= 0.6 is 36.4 Å². The first-order valence-electron chi connectivity index (χ1n) is 29.0. The Bertz CT molecular complexity index is 4660. The predicted octanol–water partition coefficient (Wildman–Crippen LogP) is 9.28. The van der Waals surface area contributed by atoms with Gasteiger partial charge >= 0.3 is 6.08 Å². The zero-order valence-corrected chi connectivity index (χ0v) is 63.8. The third-order valence-electron chi connectivity index (χ3n) is 12.9. The van der Waals surface area contributed by atoms with Gasteiger partial charge in [0.25, 0.3) is 40.5 Å². The van der Waals surface area contributed by atoms with Crippen LogP contribution in [0.4, 0.5) is 60.6 Å². The second kappa shape index (κ2) is 43.0. The monoisotopic (exact) mass is 1650 g/mol. The van der Waals surface area contributed by atoms with E-state index in [0.717, 1.165) is 70.7 Å². The predicted molar refractivity (Wildman–Crippen MR) is 380 cm³/mol. The molecule has 0 aliphatic carbocycles. The van der Waals surface area contributed by atoms with E-state index in [-0.39, 0.29) is 95.3 Å². The van der Waals surface area contributed by atoms with E-state index in [9.17, 15) is 61.1 Å². The molecule has 0 aliphatic heterocycles. The van der Waals surface area contributed by atoms with Crippen molar-refractivity contribution < 1.29 is 125 Å². The lowest BCUT2D eigenvalue weighted by Gasteiger charge is -2.17. The molecular formula is C56H68F2N14O26S8. The molecule has 8 aromatic rings. The van der Waals surface area contributed by atoms with Crippen LogP contribution in [0, 0.1) is 18.9 Å². The topological polar surface area (TPSA) is 506 Å². The Labute approximate surface area is 619 Å². The first-order valence-corrected chi connectivity index (χ1v) is 39.0. The standard InChI is InChI=1S/2C20H21N3O10S3.C11H21N5O6S2.C5H5F2N3/c2*1-29-32-33-34-12-21-16-9-8-13-10-14(35(25,26)30-2)11-17(24)19(13)20(16)23-22-15-6-4-5-7-18(15)36(27,28)31-3;1-9-13-10(12-2)15-11(14-9)16(3)5-7-24(17,18)8-6-20-23-22-21-19-4;1-8-4-2-3(6)9-5(7)10-4/h2*4-11,21,24H,12H2,1-3H3;5-8H2,1-4H3,(H,12,13,14,15);2H,1H3,(H,8,9,10). The maximum Gasteiger partial charge on any atom is 0.313 e. The molecule has 6 N–H and O–H groups in total. The average Bonchev–Trinajstić information content (AvgIpc) is 0.774. The van der Waals surface area contributed by atoms with E-state index in [1.807, 2.05) is 0 Å². The molecule has 2 heterocycles. The molecule has 0 saturated heterocycles. The van der Waals surface area contributed by atoms with Gasteiger partial charge in [-0.05, 0) is 66.2 Å². The van der Waals surface area contributed by atoms with Crippen molar-refractivity contribution in [3.63, 3.8) is 0 Å². The number of hydrogen-bond acceptors (Lipinski definition) is 43. The molecule has 6 aromatic carbocycles. The molecule has 2 aromatic heterocycles. The van der Waals surface area contributed by atoms with E-state index < -0.39 is 73.8 Å². The number of anilines is 5. The molecule has 0 atom stereocenters. The number of benzene rings is 6. The summed E-state index contributed by atoms with van der Waals surface area (Å²) in [5, 5.41) is 62.9. The molecule has 0 unspecified atom stereocenters. The molecule has 580 valence electrons. The second-order valence-corrected chi connectivity index (χ2v) is 30.3. The van der Waals surface area contributed by atoms with Crippen LogP contribution < -0.4 is 26.2 Å². The van der Waals surface area contributed by atoms with Crippen molar-refractivity contribution in [1.29, 1.82) is 0 Å². The Kier molecular flexibility index (Phi) is 35.9. The zero-order valence-electron chi connectivity index (χ0n) is 57.2. The second-order valence-electron chi connectivity index (χ2n) is 19.4. The summed E-state index contributed by atoms with van der Waals surface area (Å²) in [6.45, 7) is 1.94. The highest BCUT2D eigenvalue weighted by Gasteiger charge is 2.24. The quantitative estimate of drug-likeness (QED) is 0.00243. The average molecular weight is 1650 g/mol. The van der Waals surface area contributed by atoms with Gasteiger partial charge in [-0.1, -0.05) is 51.5 Å². The van der Waals surface area contributed by atoms with Crippen LogP contribution in [0.25, 0.3) is 21.5 Å². The lowest BCUT2D eigenvalue weighted by molar-refractivity contribution is -0.449. The lowest BCUT2D eigenvalue weighted by Crippen LogP contribution is -2.29. The van der Waals surface area contributed by atoms with E-state index >= 15 is 0 Å². The van der Waals surface area contributed by atoms with Gasteiger partial charge < -0.3 is 36.4 Å². The Hall–Kier alpha value is -8.17. The smallest absolute Gasteiger partial charge is 0.313 e. The molecule has 0 bridgehead atoms. The fourth-order valence-corrected chi connectivity index (χ4v) is 13.2. The molecule has 50 heteroatoms. The Morgan fingerprint density at radius 3 is 1.42 bits per heavy atom. The molecule has 0 saturated carbocycles. The molecule has 0 spiro atoms. The van der Waals surface area contributed by atoms with Crippen LogP contribution in [0.5, 0.6) is 11.5 Å². The van der Waals surface area contributed by atoms with Gasteiger partial charge in [-0.2, -0.15) is 67.4 Å². The van der Waals surface area contributed by atoms with Crippen molar-refractivity contribution in [2.45, 2.75) is 26.5 Å². The largest absolute Gasteiger partial charge is 0.507 e. The van der Waals surface area contributed by atoms with Gasteiger partial charge in [-0.3, -0.25) is 20.9 Å². The van der Waals surface area contributed by atoms with Crippen molar-refractivity contribution in [3.05, 3.63) is 121 Å². The number of nitrogens with zero attached hydrogens (tertiary/aromatic N) is 10. The normalized spacial score (nSPS) is 11.9. The van der Waals surface area contributed by atoms with Gasteiger partial charge in [0, 0.05) is 45.9 Å². The maximum atomic E-state index is 12.3. The molecule has 0 aliphatic rings. The van der Waals surface area contributed by atoms with Crippen molar-refractivity contribution in [3.8, 4) is 11.5 Å². The molecular weight excluding hydrogens is 1580 g/mol. The third kappa shape index (κ3) is 26.9. The summed E-state index contributed by atoms with van der Waals surface area (Å²) in [4.78, 5) is 31.9. The Morgan fingerprint density at radius 1 is 0.528 bits per heavy atom. The summed E-state index contributed by atoms with van der Waals surface area (Å²) in [5.74, 6) is -0.185. The van der Waals surface area contributed by atoms with Crippen molar-refractivity contribution >= 4 is 160 Å². The number of aromatic nitrogens is 5. The van der Waals surface area contributed by atoms with Crippen molar-refractivity contribution in [2.24, 2.45) is 20.5 Å². The van der Waals surface area contributed by atoms with Gasteiger partial charge in [0.1, 0.15) is 55.7 Å². The minimum atomic E-state index is -4.09. The summed E-state index contributed by atoms with van der Waals surface area (Å²) in [7, 11) is -6.91. The van der Waals surface area contributed by atoms with Crippen LogP contribution in [-0.4, -0.2) is 185 Å².